The number of rotatable bonds is 4. The van der Waals surface area contributed by atoms with Crippen molar-refractivity contribution in [1.82, 2.24) is 10.3 Å². The standard InChI is InChI=1S/C20H20N2O3/c1-13-8-16-9-15(2-4-17(16)22-13)12-21-20(23)11-14-3-5-18-19(10-14)25-7-6-24-18/h2-5,8-10,22H,6-7,11-12H2,1H3,(H,21,23). The third-order valence-electron chi connectivity index (χ3n) is 4.28. The SMILES string of the molecule is Cc1cc2cc(CNC(=O)Cc3ccc4c(c3)OCCO4)ccc2[nH]1. The normalized spacial score (nSPS) is 13.0. The molecule has 3 aromatic rings. The fourth-order valence-corrected chi connectivity index (χ4v) is 3.08. The number of H-pyrrole nitrogens is 1. The minimum atomic E-state index is -0.0120. The third kappa shape index (κ3) is 3.45. The Morgan fingerprint density at radius 3 is 2.72 bits per heavy atom. The van der Waals surface area contributed by atoms with Crippen LogP contribution < -0.4 is 14.8 Å². The molecule has 0 aliphatic carbocycles. The second-order valence-electron chi connectivity index (χ2n) is 6.31. The van der Waals surface area contributed by atoms with E-state index in [2.05, 4.69) is 22.4 Å². The van der Waals surface area contributed by atoms with E-state index in [1.165, 1.54) is 0 Å². The summed E-state index contributed by atoms with van der Waals surface area (Å²) in [5.41, 5.74) is 4.25. The number of carbonyl (C=O) groups excluding carboxylic acids is 1. The van der Waals surface area contributed by atoms with Gasteiger partial charge in [0.05, 0.1) is 6.42 Å². The van der Waals surface area contributed by atoms with Gasteiger partial charge in [-0.1, -0.05) is 12.1 Å². The molecule has 2 N–H and O–H groups in total. The summed E-state index contributed by atoms with van der Waals surface area (Å²) in [6.45, 7) is 3.67. The van der Waals surface area contributed by atoms with Crippen LogP contribution in [-0.2, 0) is 17.8 Å². The average molecular weight is 336 g/mol. The molecule has 0 fully saturated rings. The van der Waals surface area contributed by atoms with Gasteiger partial charge >= 0.3 is 0 Å². The molecule has 5 heteroatoms. The van der Waals surface area contributed by atoms with Crippen molar-refractivity contribution in [2.75, 3.05) is 13.2 Å². The number of aryl methyl sites for hydroxylation is 1. The molecular formula is C20H20N2O3. The zero-order chi connectivity index (χ0) is 17.2. The van der Waals surface area contributed by atoms with Crippen LogP contribution in [0.3, 0.4) is 0 Å². The molecular weight excluding hydrogens is 316 g/mol. The molecule has 128 valence electrons. The van der Waals surface area contributed by atoms with Crippen LogP contribution in [0.1, 0.15) is 16.8 Å². The predicted molar refractivity (Wildman–Crippen MR) is 96.0 cm³/mol. The summed E-state index contributed by atoms with van der Waals surface area (Å²) in [6.07, 6.45) is 0.322. The van der Waals surface area contributed by atoms with Gasteiger partial charge < -0.3 is 19.8 Å². The smallest absolute Gasteiger partial charge is 0.224 e. The van der Waals surface area contributed by atoms with Gasteiger partial charge in [-0.3, -0.25) is 4.79 Å². The summed E-state index contributed by atoms with van der Waals surface area (Å²) in [4.78, 5) is 15.5. The highest BCUT2D eigenvalue weighted by Crippen LogP contribution is 2.30. The topological polar surface area (TPSA) is 63.4 Å². The molecule has 0 radical (unpaired) electrons. The largest absolute Gasteiger partial charge is 0.486 e. The Morgan fingerprint density at radius 2 is 1.84 bits per heavy atom. The maximum Gasteiger partial charge on any atom is 0.224 e. The fraction of sp³-hybridized carbons (Fsp3) is 0.250. The first-order valence-electron chi connectivity index (χ1n) is 8.41. The Morgan fingerprint density at radius 1 is 1.04 bits per heavy atom. The Hall–Kier alpha value is -2.95. The number of aromatic nitrogens is 1. The second-order valence-corrected chi connectivity index (χ2v) is 6.31. The minimum Gasteiger partial charge on any atom is -0.486 e. The number of carbonyl (C=O) groups is 1. The van der Waals surface area contributed by atoms with Crippen molar-refractivity contribution < 1.29 is 14.3 Å². The number of amides is 1. The molecule has 1 amide bonds. The van der Waals surface area contributed by atoms with Crippen molar-refractivity contribution in [3.05, 3.63) is 59.3 Å². The van der Waals surface area contributed by atoms with E-state index in [0.717, 1.165) is 33.5 Å². The molecule has 2 aromatic carbocycles. The summed E-state index contributed by atoms with van der Waals surface area (Å²) < 4.78 is 11.1. The molecule has 0 atom stereocenters. The second kappa shape index (κ2) is 6.51. The number of nitrogens with one attached hydrogen (secondary N) is 2. The maximum absolute atomic E-state index is 12.2. The van der Waals surface area contributed by atoms with E-state index in [0.29, 0.717) is 31.9 Å². The van der Waals surface area contributed by atoms with Gasteiger partial charge in [0.15, 0.2) is 11.5 Å². The highest BCUT2D eigenvalue weighted by Gasteiger charge is 2.13. The van der Waals surface area contributed by atoms with Crippen molar-refractivity contribution in [3.63, 3.8) is 0 Å². The first kappa shape index (κ1) is 15.6. The quantitative estimate of drug-likeness (QED) is 0.769. The molecule has 0 unspecified atom stereocenters. The zero-order valence-corrected chi connectivity index (χ0v) is 14.1. The van der Waals surface area contributed by atoms with Gasteiger partial charge in [-0.05, 0) is 53.8 Å². The van der Waals surface area contributed by atoms with Crippen molar-refractivity contribution in [2.24, 2.45) is 0 Å². The van der Waals surface area contributed by atoms with Gasteiger partial charge in [0.25, 0.3) is 0 Å². The number of hydrogen-bond donors (Lipinski definition) is 2. The van der Waals surface area contributed by atoms with Crippen molar-refractivity contribution in [2.45, 2.75) is 19.9 Å². The number of ether oxygens (including phenoxy) is 2. The van der Waals surface area contributed by atoms with Crippen LogP contribution in [-0.4, -0.2) is 24.1 Å². The molecule has 4 rings (SSSR count). The van der Waals surface area contributed by atoms with E-state index in [9.17, 15) is 4.79 Å². The Labute approximate surface area is 146 Å². The zero-order valence-electron chi connectivity index (χ0n) is 14.1. The van der Waals surface area contributed by atoms with E-state index in [1.54, 1.807) is 0 Å². The maximum atomic E-state index is 12.2. The lowest BCUT2D eigenvalue weighted by molar-refractivity contribution is -0.120. The number of aromatic amines is 1. The van der Waals surface area contributed by atoms with Crippen LogP contribution >= 0.6 is 0 Å². The van der Waals surface area contributed by atoms with Crippen LogP contribution in [0.5, 0.6) is 11.5 Å². The molecule has 1 aromatic heterocycles. The molecule has 0 saturated carbocycles. The predicted octanol–water partition coefficient (Wildman–Crippen LogP) is 3.11. The summed E-state index contributed by atoms with van der Waals surface area (Å²) in [6, 6.07) is 13.9. The first-order valence-corrected chi connectivity index (χ1v) is 8.41. The molecule has 1 aliphatic rings. The number of benzene rings is 2. The van der Waals surface area contributed by atoms with Crippen LogP contribution in [0, 0.1) is 6.92 Å². The van der Waals surface area contributed by atoms with E-state index in [-0.39, 0.29) is 5.91 Å². The highest BCUT2D eigenvalue weighted by atomic mass is 16.6. The Balaban J connectivity index is 1.38. The van der Waals surface area contributed by atoms with Gasteiger partial charge in [-0.15, -0.1) is 0 Å². The molecule has 0 spiro atoms. The summed E-state index contributed by atoms with van der Waals surface area (Å²) >= 11 is 0. The summed E-state index contributed by atoms with van der Waals surface area (Å²) in [5, 5.41) is 4.14. The van der Waals surface area contributed by atoms with Crippen LogP contribution in [0.2, 0.25) is 0 Å². The van der Waals surface area contributed by atoms with Crippen LogP contribution in [0.4, 0.5) is 0 Å². The molecule has 0 saturated heterocycles. The van der Waals surface area contributed by atoms with Crippen LogP contribution in [0.25, 0.3) is 10.9 Å². The Bertz CT molecular complexity index is 930. The van der Waals surface area contributed by atoms with Crippen molar-refractivity contribution in [1.29, 1.82) is 0 Å². The average Bonchev–Trinajstić information content (AvgIpc) is 2.99. The summed E-state index contributed by atoms with van der Waals surface area (Å²) in [5.74, 6) is 1.44. The lowest BCUT2D eigenvalue weighted by Crippen LogP contribution is -2.24. The van der Waals surface area contributed by atoms with Crippen molar-refractivity contribution >= 4 is 16.8 Å². The lowest BCUT2D eigenvalue weighted by atomic mass is 10.1. The van der Waals surface area contributed by atoms with Gasteiger partial charge in [0, 0.05) is 17.8 Å². The third-order valence-corrected chi connectivity index (χ3v) is 4.28. The van der Waals surface area contributed by atoms with Crippen molar-refractivity contribution in [3.8, 4) is 11.5 Å². The lowest BCUT2D eigenvalue weighted by Gasteiger charge is -2.18. The first-order chi connectivity index (χ1) is 12.2. The van der Waals surface area contributed by atoms with E-state index in [1.807, 2.05) is 37.3 Å². The molecule has 5 nitrogen and oxygen atoms in total. The number of fused-ring (bicyclic) bond motifs is 2. The van der Waals surface area contributed by atoms with E-state index >= 15 is 0 Å². The highest BCUT2D eigenvalue weighted by molar-refractivity contribution is 5.82. The van der Waals surface area contributed by atoms with Gasteiger partial charge in [0.1, 0.15) is 13.2 Å². The Kier molecular flexibility index (Phi) is 4.06. The van der Waals surface area contributed by atoms with Crippen LogP contribution in [0.15, 0.2) is 42.5 Å². The molecule has 1 aliphatic heterocycles. The van der Waals surface area contributed by atoms with E-state index in [4.69, 9.17) is 9.47 Å². The molecule has 2 heterocycles. The van der Waals surface area contributed by atoms with Gasteiger partial charge in [-0.25, -0.2) is 0 Å². The molecule has 0 bridgehead atoms. The summed E-state index contributed by atoms with van der Waals surface area (Å²) in [7, 11) is 0. The van der Waals surface area contributed by atoms with Gasteiger partial charge in [0.2, 0.25) is 5.91 Å². The minimum absolute atomic E-state index is 0.0120. The molecule has 25 heavy (non-hydrogen) atoms. The monoisotopic (exact) mass is 336 g/mol. The fourth-order valence-electron chi connectivity index (χ4n) is 3.08. The number of hydrogen-bond acceptors (Lipinski definition) is 3. The van der Waals surface area contributed by atoms with Gasteiger partial charge in [-0.2, -0.15) is 0 Å². The van der Waals surface area contributed by atoms with E-state index < -0.39 is 0 Å².